The minimum atomic E-state index is -0.455. The number of aliphatic hydroxyl groups is 1. The molecule has 1 N–H and O–H groups in total. The molecule has 25 heavy (non-hydrogen) atoms. The highest BCUT2D eigenvalue weighted by Crippen LogP contribution is 2.32. The van der Waals surface area contributed by atoms with Crippen LogP contribution in [-0.4, -0.2) is 42.4 Å². The molecule has 1 aliphatic heterocycles. The fourth-order valence-corrected chi connectivity index (χ4v) is 4.03. The van der Waals surface area contributed by atoms with E-state index in [9.17, 15) is 5.11 Å². The van der Waals surface area contributed by atoms with Gasteiger partial charge in [-0.2, -0.15) is 0 Å². The highest BCUT2D eigenvalue weighted by atomic mass is 32.1. The van der Waals surface area contributed by atoms with Crippen LogP contribution in [-0.2, 0) is 11.3 Å². The normalized spacial score (nSPS) is 19.2. The summed E-state index contributed by atoms with van der Waals surface area (Å²) in [5.74, 6) is 0.915. The van der Waals surface area contributed by atoms with Gasteiger partial charge in [-0.05, 0) is 55.5 Å². The fraction of sp³-hybridized carbons (Fsp3) is 0.500. The Bertz CT molecular complexity index is 614. The number of thiophene rings is 1. The van der Waals surface area contributed by atoms with Crippen molar-refractivity contribution < 1.29 is 14.6 Å². The van der Waals surface area contributed by atoms with E-state index < -0.39 is 6.10 Å². The van der Waals surface area contributed by atoms with Gasteiger partial charge >= 0.3 is 0 Å². The summed E-state index contributed by atoms with van der Waals surface area (Å²) in [4.78, 5) is 3.56. The van der Waals surface area contributed by atoms with Crippen LogP contribution < -0.4 is 4.74 Å². The van der Waals surface area contributed by atoms with Gasteiger partial charge in [-0.25, -0.2) is 0 Å². The summed E-state index contributed by atoms with van der Waals surface area (Å²) in [6, 6.07) is 12.8. The molecule has 3 rings (SSSR count). The maximum atomic E-state index is 10.3. The van der Waals surface area contributed by atoms with Crippen molar-refractivity contribution in [2.75, 3.05) is 26.3 Å². The molecule has 0 amide bonds. The second kappa shape index (κ2) is 9.34. The van der Waals surface area contributed by atoms with Crippen molar-refractivity contribution in [3.63, 3.8) is 0 Å². The van der Waals surface area contributed by atoms with Crippen LogP contribution in [0.1, 0.15) is 36.2 Å². The predicted molar refractivity (Wildman–Crippen MR) is 101 cm³/mol. The largest absolute Gasteiger partial charge is 0.494 e. The molecule has 5 heteroatoms. The third-order valence-electron chi connectivity index (χ3n) is 4.52. The second-order valence-electron chi connectivity index (χ2n) is 6.40. The quantitative estimate of drug-likeness (QED) is 0.736. The van der Waals surface area contributed by atoms with Gasteiger partial charge in [-0.1, -0.05) is 18.2 Å². The van der Waals surface area contributed by atoms with Crippen LogP contribution in [0.3, 0.4) is 0 Å². The Kier molecular flexibility index (Phi) is 6.87. The van der Waals surface area contributed by atoms with Crippen LogP contribution in [0.25, 0.3) is 0 Å². The lowest BCUT2D eigenvalue weighted by molar-refractivity contribution is 0.00848. The van der Waals surface area contributed by atoms with E-state index in [4.69, 9.17) is 9.47 Å². The number of β-amino-alcohol motifs (C(OH)–C–C–N with tert-alkyl or cyclic N) is 1. The van der Waals surface area contributed by atoms with E-state index in [-0.39, 0.29) is 0 Å². The molecule has 1 fully saturated rings. The first-order valence-electron chi connectivity index (χ1n) is 9.01. The molecule has 2 unspecified atom stereocenters. The van der Waals surface area contributed by atoms with Crippen molar-refractivity contribution in [2.45, 2.75) is 38.5 Å². The molecule has 1 aliphatic rings. The van der Waals surface area contributed by atoms with Gasteiger partial charge in [-0.3, -0.25) is 4.90 Å². The van der Waals surface area contributed by atoms with Crippen LogP contribution in [0.2, 0.25) is 0 Å². The maximum absolute atomic E-state index is 10.3. The molecule has 0 radical (unpaired) electrons. The van der Waals surface area contributed by atoms with Crippen LogP contribution in [0.15, 0.2) is 41.8 Å². The summed E-state index contributed by atoms with van der Waals surface area (Å²) in [6.07, 6.45) is 1.85. The zero-order valence-corrected chi connectivity index (χ0v) is 15.6. The number of benzene rings is 1. The molecule has 2 aromatic rings. The molecular weight excluding hydrogens is 334 g/mol. The smallest absolute Gasteiger partial charge is 0.119 e. The lowest BCUT2D eigenvalue weighted by Gasteiger charge is -2.27. The van der Waals surface area contributed by atoms with Crippen molar-refractivity contribution in [3.05, 3.63) is 52.2 Å². The third kappa shape index (κ3) is 5.28. The fourth-order valence-electron chi connectivity index (χ4n) is 3.39. The average molecular weight is 362 g/mol. The molecule has 0 saturated carbocycles. The minimum absolute atomic E-state index is 0.377. The Morgan fingerprint density at radius 3 is 2.84 bits per heavy atom. The van der Waals surface area contributed by atoms with E-state index in [1.807, 2.05) is 30.5 Å². The third-order valence-corrected chi connectivity index (χ3v) is 5.37. The summed E-state index contributed by atoms with van der Waals surface area (Å²) in [7, 11) is 0. The van der Waals surface area contributed by atoms with E-state index >= 15 is 0 Å². The Labute approximate surface area is 154 Å². The summed E-state index contributed by atoms with van der Waals surface area (Å²) in [5, 5.41) is 12.4. The van der Waals surface area contributed by atoms with Crippen molar-refractivity contribution in [1.82, 2.24) is 4.90 Å². The first kappa shape index (κ1) is 18.4. The molecule has 1 aromatic carbocycles. The Hall–Kier alpha value is -1.40. The maximum Gasteiger partial charge on any atom is 0.119 e. The predicted octanol–water partition coefficient (Wildman–Crippen LogP) is 3.86. The topological polar surface area (TPSA) is 41.9 Å². The van der Waals surface area contributed by atoms with Crippen molar-refractivity contribution in [1.29, 1.82) is 0 Å². The second-order valence-corrected chi connectivity index (χ2v) is 7.44. The molecule has 0 bridgehead atoms. The molecule has 4 nitrogen and oxygen atoms in total. The van der Waals surface area contributed by atoms with Gasteiger partial charge in [0, 0.05) is 17.5 Å². The van der Waals surface area contributed by atoms with Crippen molar-refractivity contribution in [2.24, 2.45) is 0 Å². The Morgan fingerprint density at radius 2 is 2.12 bits per heavy atom. The lowest BCUT2D eigenvalue weighted by atomic mass is 10.0. The summed E-state index contributed by atoms with van der Waals surface area (Å²) in [6.45, 7) is 5.32. The Balaban J connectivity index is 1.48. The van der Waals surface area contributed by atoms with E-state index in [1.54, 1.807) is 11.3 Å². The zero-order valence-electron chi connectivity index (χ0n) is 14.8. The van der Waals surface area contributed by atoms with Gasteiger partial charge in [0.15, 0.2) is 0 Å². The van der Waals surface area contributed by atoms with Crippen molar-refractivity contribution >= 4 is 11.3 Å². The number of ether oxygens (including phenoxy) is 2. The molecule has 1 aromatic heterocycles. The van der Waals surface area contributed by atoms with Gasteiger partial charge in [0.05, 0.1) is 25.9 Å². The molecule has 1 saturated heterocycles. The van der Waals surface area contributed by atoms with E-state index in [0.29, 0.717) is 32.4 Å². The number of hydrogen-bond donors (Lipinski definition) is 1. The van der Waals surface area contributed by atoms with E-state index in [0.717, 1.165) is 18.7 Å². The molecule has 2 heterocycles. The number of rotatable bonds is 9. The van der Waals surface area contributed by atoms with Gasteiger partial charge in [-0.15, -0.1) is 11.3 Å². The van der Waals surface area contributed by atoms with Gasteiger partial charge in [0.25, 0.3) is 0 Å². The highest BCUT2D eigenvalue weighted by Gasteiger charge is 2.27. The number of likely N-dealkylation sites (tertiary alicyclic amines) is 1. The summed E-state index contributed by atoms with van der Waals surface area (Å²) >= 11 is 1.68. The van der Waals surface area contributed by atoms with Crippen LogP contribution in [0.4, 0.5) is 0 Å². The lowest BCUT2D eigenvalue weighted by Crippen LogP contribution is -2.34. The van der Waals surface area contributed by atoms with E-state index in [2.05, 4.69) is 23.1 Å². The average Bonchev–Trinajstić information content (AvgIpc) is 3.28. The van der Waals surface area contributed by atoms with Crippen LogP contribution >= 0.6 is 11.3 Å². The standard InChI is InChI=1S/C20H27NO3S/c1-2-24-18-9-7-16(8-10-18)20-6-3-11-21(20)13-17(22)14-23-15-19-5-4-12-25-19/h4-5,7-10,12,17,20,22H,2-3,6,11,13-15H2,1H3. The zero-order chi connectivity index (χ0) is 17.5. The van der Waals surface area contributed by atoms with E-state index in [1.165, 1.54) is 16.9 Å². The number of hydrogen-bond acceptors (Lipinski definition) is 5. The van der Waals surface area contributed by atoms with Crippen LogP contribution in [0, 0.1) is 0 Å². The monoisotopic (exact) mass is 361 g/mol. The SMILES string of the molecule is CCOc1ccc(C2CCCN2CC(O)COCc2cccs2)cc1. The molecule has 0 aliphatic carbocycles. The van der Waals surface area contributed by atoms with Gasteiger partial charge in [0.2, 0.25) is 0 Å². The highest BCUT2D eigenvalue weighted by molar-refractivity contribution is 7.09. The van der Waals surface area contributed by atoms with Crippen LogP contribution in [0.5, 0.6) is 5.75 Å². The minimum Gasteiger partial charge on any atom is -0.494 e. The first-order chi connectivity index (χ1) is 12.3. The van der Waals surface area contributed by atoms with Gasteiger partial charge in [0.1, 0.15) is 5.75 Å². The molecule has 136 valence electrons. The molecular formula is C20H27NO3S. The first-order valence-corrected chi connectivity index (χ1v) is 9.89. The molecule has 2 atom stereocenters. The van der Waals surface area contributed by atoms with Crippen molar-refractivity contribution in [3.8, 4) is 5.75 Å². The molecule has 0 spiro atoms. The van der Waals surface area contributed by atoms with Gasteiger partial charge < -0.3 is 14.6 Å². The number of nitrogens with zero attached hydrogens (tertiary/aromatic N) is 1. The Morgan fingerprint density at radius 1 is 1.28 bits per heavy atom. The summed E-state index contributed by atoms with van der Waals surface area (Å²) < 4.78 is 11.2. The summed E-state index contributed by atoms with van der Waals surface area (Å²) in [5.41, 5.74) is 1.30. The number of aliphatic hydroxyl groups excluding tert-OH is 1.